The van der Waals surface area contributed by atoms with Crippen LogP contribution in [0.15, 0.2) is 35.4 Å². The van der Waals surface area contributed by atoms with Gasteiger partial charge < -0.3 is 25.6 Å². The minimum absolute atomic E-state index is 0.00422. The number of benzene rings is 1. The van der Waals surface area contributed by atoms with E-state index in [1.54, 1.807) is 16.9 Å². The smallest absolute Gasteiger partial charge is 0.341 e. The first-order valence-electron chi connectivity index (χ1n) is 11.9. The summed E-state index contributed by atoms with van der Waals surface area (Å²) in [5.74, 6) is -3.42. The Hall–Kier alpha value is -3.69. The number of carboxylic acids is 1. The fraction of sp³-hybridized carbons (Fsp3) is 0.423. The topological polar surface area (TPSA) is 108 Å². The van der Waals surface area contributed by atoms with Crippen LogP contribution in [0.1, 0.15) is 61.0 Å². The maximum atomic E-state index is 13.5. The third-order valence-electron chi connectivity index (χ3n) is 6.83. The predicted molar refractivity (Wildman–Crippen MR) is 134 cm³/mol. The van der Waals surface area contributed by atoms with Crippen molar-refractivity contribution in [2.45, 2.75) is 64.1 Å². The number of carboxylic acid groups (broad SMARTS) is 1. The van der Waals surface area contributed by atoms with Gasteiger partial charge in [0.1, 0.15) is 11.3 Å². The number of allylic oxidation sites excluding steroid dienone is 1. The quantitative estimate of drug-likeness (QED) is 0.491. The molecule has 1 aromatic carbocycles. The number of hydrogen-bond acceptors (Lipinski definition) is 6. The SMILES string of the molecule is COc1cc2c(cc1/C(C=N)=C/NC1CCC(F)(F)CC1)CN(C(C)C)n1cc(C(=O)O)c(=O)cc1-2. The van der Waals surface area contributed by atoms with Gasteiger partial charge in [-0.05, 0) is 44.4 Å². The minimum atomic E-state index is -2.61. The van der Waals surface area contributed by atoms with Crippen LogP contribution >= 0.6 is 0 Å². The van der Waals surface area contributed by atoms with E-state index < -0.39 is 17.3 Å². The molecule has 192 valence electrons. The number of fused-ring (bicyclic) bond motifs is 3. The molecule has 10 heteroatoms. The lowest BCUT2D eigenvalue weighted by atomic mass is 9.92. The summed E-state index contributed by atoms with van der Waals surface area (Å²) in [6, 6.07) is 4.91. The maximum Gasteiger partial charge on any atom is 0.341 e. The van der Waals surface area contributed by atoms with Gasteiger partial charge >= 0.3 is 5.97 Å². The van der Waals surface area contributed by atoms with E-state index in [-0.39, 0.29) is 30.5 Å². The van der Waals surface area contributed by atoms with Crippen LogP contribution in [0.4, 0.5) is 8.78 Å². The zero-order chi connectivity index (χ0) is 26.2. The summed E-state index contributed by atoms with van der Waals surface area (Å²) in [5.41, 5.74) is 2.45. The van der Waals surface area contributed by atoms with Crippen LogP contribution < -0.4 is 20.5 Å². The molecule has 8 nitrogen and oxygen atoms in total. The van der Waals surface area contributed by atoms with Crippen molar-refractivity contribution in [3.8, 4) is 17.0 Å². The molecule has 1 saturated carbocycles. The van der Waals surface area contributed by atoms with Crippen LogP contribution in [0.3, 0.4) is 0 Å². The summed E-state index contributed by atoms with van der Waals surface area (Å²) in [7, 11) is 1.51. The Kier molecular flexibility index (Phi) is 6.88. The number of methoxy groups -OCH3 is 1. The summed E-state index contributed by atoms with van der Waals surface area (Å²) >= 11 is 0. The molecule has 0 unspecified atom stereocenters. The van der Waals surface area contributed by atoms with Crippen molar-refractivity contribution >= 4 is 17.8 Å². The molecule has 1 aliphatic heterocycles. The number of ether oxygens (including phenoxy) is 1. The zero-order valence-electron chi connectivity index (χ0n) is 20.5. The molecule has 0 saturated heterocycles. The number of hydrogen-bond donors (Lipinski definition) is 3. The van der Waals surface area contributed by atoms with E-state index >= 15 is 0 Å². The second-order valence-electron chi connectivity index (χ2n) is 9.53. The van der Waals surface area contributed by atoms with Gasteiger partial charge in [0.05, 0.1) is 19.3 Å². The Labute approximate surface area is 207 Å². The molecule has 0 spiro atoms. The van der Waals surface area contributed by atoms with Gasteiger partial charge in [-0.3, -0.25) is 9.47 Å². The van der Waals surface area contributed by atoms with Gasteiger partial charge in [0.15, 0.2) is 5.43 Å². The van der Waals surface area contributed by atoms with Gasteiger partial charge in [0.25, 0.3) is 0 Å². The highest BCUT2D eigenvalue weighted by Crippen LogP contribution is 2.38. The number of pyridine rings is 1. The van der Waals surface area contributed by atoms with Gasteiger partial charge in [0, 0.05) is 66.3 Å². The molecule has 3 N–H and O–H groups in total. The van der Waals surface area contributed by atoms with Crippen molar-refractivity contribution in [2.24, 2.45) is 0 Å². The molecular weight excluding hydrogens is 470 g/mol. The average molecular weight is 501 g/mol. The average Bonchev–Trinajstić information content (AvgIpc) is 2.83. The number of nitrogens with zero attached hydrogens (tertiary/aromatic N) is 2. The summed E-state index contributed by atoms with van der Waals surface area (Å²) in [6.45, 7) is 4.38. The molecule has 0 atom stereocenters. The van der Waals surface area contributed by atoms with Crippen molar-refractivity contribution in [3.63, 3.8) is 0 Å². The Morgan fingerprint density at radius 2 is 1.94 bits per heavy atom. The molecule has 1 aliphatic carbocycles. The molecule has 1 fully saturated rings. The van der Waals surface area contributed by atoms with Crippen LogP contribution in [0, 0.1) is 5.41 Å². The predicted octanol–water partition coefficient (Wildman–Crippen LogP) is 4.24. The minimum Gasteiger partial charge on any atom is -0.496 e. The molecule has 1 aromatic heterocycles. The molecule has 2 heterocycles. The van der Waals surface area contributed by atoms with Crippen LogP contribution in [0.25, 0.3) is 16.8 Å². The maximum absolute atomic E-state index is 13.5. The Bertz CT molecular complexity index is 1280. The van der Waals surface area contributed by atoms with Crippen LogP contribution in [-0.4, -0.2) is 47.1 Å². The van der Waals surface area contributed by atoms with Gasteiger partial charge in [-0.25, -0.2) is 13.6 Å². The Morgan fingerprint density at radius 1 is 1.25 bits per heavy atom. The molecule has 0 amide bonds. The summed E-state index contributed by atoms with van der Waals surface area (Å²) in [4.78, 5) is 24.1. The lowest BCUT2D eigenvalue weighted by Crippen LogP contribution is -2.44. The van der Waals surface area contributed by atoms with Gasteiger partial charge in [-0.2, -0.15) is 0 Å². The number of aromatic nitrogens is 1. The summed E-state index contributed by atoms with van der Waals surface area (Å²) in [6.07, 6.45) is 4.60. The highest BCUT2D eigenvalue weighted by Gasteiger charge is 2.34. The lowest BCUT2D eigenvalue weighted by molar-refractivity contribution is -0.0394. The van der Waals surface area contributed by atoms with Crippen molar-refractivity contribution in [3.05, 3.63) is 57.5 Å². The number of alkyl halides is 2. The van der Waals surface area contributed by atoms with Gasteiger partial charge in [-0.15, -0.1) is 0 Å². The molecule has 2 aromatic rings. The number of halogens is 2. The molecule has 36 heavy (non-hydrogen) atoms. The summed E-state index contributed by atoms with van der Waals surface area (Å²) < 4.78 is 34.3. The van der Waals surface area contributed by atoms with Crippen molar-refractivity contribution in [1.29, 1.82) is 5.41 Å². The van der Waals surface area contributed by atoms with E-state index in [0.29, 0.717) is 42.0 Å². The second kappa shape index (κ2) is 9.75. The molecular formula is C26H30F2N4O4. The molecule has 0 radical (unpaired) electrons. The standard InChI is InChI=1S/C26H30F2N4O4/c1-15(2)31-13-16-8-20(17(11-29)12-30-18-4-6-26(27,28)7-5-18)24(36-3)9-19(16)22-10-23(33)21(25(34)35)14-32(22)31/h8-12,14-15,18,29-30H,4-7,13H2,1-3H3,(H,34,35)/b17-12+,29-11?. The first-order chi connectivity index (χ1) is 17.0. The molecule has 0 bridgehead atoms. The normalized spacial score (nSPS) is 17.4. The summed E-state index contributed by atoms with van der Waals surface area (Å²) in [5, 5.41) is 22.6. The van der Waals surface area contributed by atoms with Crippen molar-refractivity contribution in [1.82, 2.24) is 9.99 Å². The molecule has 4 rings (SSSR count). The van der Waals surface area contributed by atoms with Crippen molar-refractivity contribution < 1.29 is 23.4 Å². The largest absolute Gasteiger partial charge is 0.496 e. The number of carbonyl (C=O) groups is 1. The number of rotatable bonds is 7. The third-order valence-corrected chi connectivity index (χ3v) is 6.83. The molecule has 2 aliphatic rings. The first kappa shape index (κ1) is 25.4. The van der Waals surface area contributed by atoms with Crippen LogP contribution in [-0.2, 0) is 6.54 Å². The zero-order valence-corrected chi connectivity index (χ0v) is 20.5. The number of aromatic carboxylic acids is 1. The fourth-order valence-corrected chi connectivity index (χ4v) is 4.78. The Balaban J connectivity index is 1.76. The highest BCUT2D eigenvalue weighted by atomic mass is 19.3. The van der Waals surface area contributed by atoms with Crippen LogP contribution in [0.5, 0.6) is 5.75 Å². The van der Waals surface area contributed by atoms with E-state index in [1.807, 2.05) is 24.9 Å². The van der Waals surface area contributed by atoms with E-state index in [0.717, 1.165) is 11.1 Å². The monoisotopic (exact) mass is 500 g/mol. The van der Waals surface area contributed by atoms with E-state index in [9.17, 15) is 23.5 Å². The number of nitrogens with one attached hydrogen (secondary N) is 2. The third kappa shape index (κ3) is 4.84. The van der Waals surface area contributed by atoms with E-state index in [2.05, 4.69) is 5.32 Å². The van der Waals surface area contributed by atoms with E-state index in [1.165, 1.54) is 25.6 Å². The Morgan fingerprint density at radius 3 is 2.53 bits per heavy atom. The van der Waals surface area contributed by atoms with E-state index in [4.69, 9.17) is 10.1 Å². The fourth-order valence-electron chi connectivity index (χ4n) is 4.78. The van der Waals surface area contributed by atoms with Gasteiger partial charge in [0.2, 0.25) is 5.92 Å². The first-order valence-corrected chi connectivity index (χ1v) is 11.9. The van der Waals surface area contributed by atoms with Gasteiger partial charge in [-0.1, -0.05) is 0 Å². The second-order valence-corrected chi connectivity index (χ2v) is 9.53. The van der Waals surface area contributed by atoms with Crippen molar-refractivity contribution in [2.75, 3.05) is 12.1 Å². The highest BCUT2D eigenvalue weighted by molar-refractivity contribution is 6.09. The van der Waals surface area contributed by atoms with Crippen LogP contribution in [0.2, 0.25) is 0 Å². The lowest BCUT2D eigenvalue weighted by Gasteiger charge is -2.38.